The van der Waals surface area contributed by atoms with Crippen molar-refractivity contribution in [3.63, 3.8) is 0 Å². The number of benzene rings is 2. The van der Waals surface area contributed by atoms with Crippen molar-refractivity contribution in [3.05, 3.63) is 56.1 Å². The third-order valence-electron chi connectivity index (χ3n) is 4.25. The molecule has 2 aromatic carbocycles. The fraction of sp³-hybridized carbons (Fsp3) is 0.316. The molecule has 2 aromatic rings. The summed E-state index contributed by atoms with van der Waals surface area (Å²) in [4.78, 5) is 15.1. The molecule has 1 saturated heterocycles. The number of hydrogen-bond acceptors (Lipinski definition) is 4. The molecular weight excluding hydrogens is 467 g/mol. The average Bonchev–Trinajstić information content (AvgIpc) is 2.66. The molecule has 1 fully saturated rings. The van der Waals surface area contributed by atoms with Gasteiger partial charge in [0.1, 0.15) is 5.75 Å². The number of morpholine rings is 1. The molecule has 0 spiro atoms. The zero-order valence-electron chi connectivity index (χ0n) is 14.4. The summed E-state index contributed by atoms with van der Waals surface area (Å²) in [7, 11) is 1.54. The minimum Gasteiger partial charge on any atom is -0.496 e. The van der Waals surface area contributed by atoms with Crippen LogP contribution in [0.4, 0.5) is 5.69 Å². The van der Waals surface area contributed by atoms with Gasteiger partial charge in [0.25, 0.3) is 5.91 Å². The average molecular weight is 487 g/mol. The van der Waals surface area contributed by atoms with Crippen molar-refractivity contribution in [1.29, 1.82) is 0 Å². The number of anilines is 1. The summed E-state index contributed by atoms with van der Waals surface area (Å²) in [5.41, 5.74) is 2.28. The van der Waals surface area contributed by atoms with E-state index in [0.29, 0.717) is 16.3 Å². The Kier molecular flexibility index (Phi) is 6.74. The van der Waals surface area contributed by atoms with Crippen LogP contribution in [0.3, 0.4) is 0 Å². The molecule has 0 unspecified atom stereocenters. The van der Waals surface area contributed by atoms with Crippen molar-refractivity contribution in [2.75, 3.05) is 38.7 Å². The van der Waals surface area contributed by atoms with Crippen LogP contribution >= 0.6 is 34.2 Å². The van der Waals surface area contributed by atoms with Gasteiger partial charge in [-0.3, -0.25) is 9.69 Å². The molecule has 7 heteroatoms. The lowest BCUT2D eigenvalue weighted by molar-refractivity contribution is 0.0342. The highest BCUT2D eigenvalue weighted by atomic mass is 127. The first kappa shape index (κ1) is 19.4. The minimum absolute atomic E-state index is 0.241. The van der Waals surface area contributed by atoms with Gasteiger partial charge in [0.2, 0.25) is 0 Å². The summed E-state index contributed by atoms with van der Waals surface area (Å²) in [5.74, 6) is 0.261. The lowest BCUT2D eigenvalue weighted by Gasteiger charge is -2.27. The molecular formula is C19H20ClIN2O3. The van der Waals surface area contributed by atoms with Crippen LogP contribution in [-0.4, -0.2) is 44.2 Å². The van der Waals surface area contributed by atoms with Crippen LogP contribution in [0.1, 0.15) is 15.9 Å². The number of nitrogens with zero attached hydrogens (tertiary/aromatic N) is 1. The van der Waals surface area contributed by atoms with Gasteiger partial charge < -0.3 is 14.8 Å². The SMILES string of the molecule is COc1cc(I)c(Cl)cc1C(=O)Nc1ccccc1CN1CCOCC1. The molecule has 1 aliphatic rings. The highest BCUT2D eigenvalue weighted by molar-refractivity contribution is 14.1. The van der Waals surface area contributed by atoms with Crippen LogP contribution in [0, 0.1) is 3.57 Å². The number of carbonyl (C=O) groups is 1. The molecule has 0 aliphatic carbocycles. The van der Waals surface area contributed by atoms with Crippen molar-refractivity contribution < 1.29 is 14.3 Å². The van der Waals surface area contributed by atoms with E-state index in [0.717, 1.165) is 47.7 Å². The van der Waals surface area contributed by atoms with Crippen LogP contribution in [0.25, 0.3) is 0 Å². The van der Waals surface area contributed by atoms with Gasteiger partial charge in [-0.15, -0.1) is 0 Å². The van der Waals surface area contributed by atoms with E-state index in [1.54, 1.807) is 19.2 Å². The summed E-state index contributed by atoms with van der Waals surface area (Å²) < 4.78 is 11.6. The Balaban J connectivity index is 1.80. The van der Waals surface area contributed by atoms with E-state index in [2.05, 4.69) is 32.8 Å². The van der Waals surface area contributed by atoms with Crippen molar-refractivity contribution >= 4 is 45.8 Å². The molecule has 5 nitrogen and oxygen atoms in total. The number of halogens is 2. The molecule has 1 N–H and O–H groups in total. The number of carbonyl (C=O) groups excluding carboxylic acids is 1. The van der Waals surface area contributed by atoms with Crippen molar-refractivity contribution in [3.8, 4) is 5.75 Å². The standard InChI is InChI=1S/C19H20ClIN2O3/c1-25-18-11-16(21)15(20)10-14(18)19(24)22-17-5-3-2-4-13(17)12-23-6-8-26-9-7-23/h2-5,10-11H,6-9,12H2,1H3,(H,22,24). The van der Waals surface area contributed by atoms with Gasteiger partial charge in [0, 0.05) is 28.9 Å². The van der Waals surface area contributed by atoms with Gasteiger partial charge in [-0.1, -0.05) is 29.8 Å². The van der Waals surface area contributed by atoms with Crippen molar-refractivity contribution in [1.82, 2.24) is 4.90 Å². The van der Waals surface area contributed by atoms with E-state index >= 15 is 0 Å². The Morgan fingerprint density at radius 3 is 2.77 bits per heavy atom. The van der Waals surface area contributed by atoms with E-state index in [9.17, 15) is 4.79 Å². The molecule has 1 amide bonds. The Labute approximate surface area is 171 Å². The number of nitrogens with one attached hydrogen (secondary N) is 1. The number of methoxy groups -OCH3 is 1. The predicted octanol–water partition coefficient (Wildman–Crippen LogP) is 4.04. The summed E-state index contributed by atoms with van der Waals surface area (Å²) in [6.07, 6.45) is 0. The zero-order valence-corrected chi connectivity index (χ0v) is 17.3. The van der Waals surface area contributed by atoms with Gasteiger partial charge in [-0.05, 0) is 46.4 Å². The van der Waals surface area contributed by atoms with Gasteiger partial charge in [-0.2, -0.15) is 0 Å². The van der Waals surface area contributed by atoms with E-state index in [-0.39, 0.29) is 5.91 Å². The molecule has 0 aromatic heterocycles. The second-order valence-corrected chi connectivity index (χ2v) is 7.54. The van der Waals surface area contributed by atoms with Crippen molar-refractivity contribution in [2.24, 2.45) is 0 Å². The van der Waals surface area contributed by atoms with E-state index in [1.165, 1.54) is 0 Å². The Morgan fingerprint density at radius 1 is 1.31 bits per heavy atom. The normalized spacial score (nSPS) is 14.9. The molecule has 3 rings (SSSR count). The molecule has 0 atom stereocenters. The molecule has 0 radical (unpaired) electrons. The molecule has 0 saturated carbocycles. The van der Waals surface area contributed by atoms with Crippen molar-refractivity contribution in [2.45, 2.75) is 6.54 Å². The fourth-order valence-corrected chi connectivity index (χ4v) is 3.45. The van der Waals surface area contributed by atoms with Gasteiger partial charge >= 0.3 is 0 Å². The smallest absolute Gasteiger partial charge is 0.259 e. The largest absolute Gasteiger partial charge is 0.496 e. The topological polar surface area (TPSA) is 50.8 Å². The lowest BCUT2D eigenvalue weighted by atomic mass is 10.1. The summed E-state index contributed by atoms with van der Waals surface area (Å²) in [5, 5.41) is 3.53. The monoisotopic (exact) mass is 486 g/mol. The fourth-order valence-electron chi connectivity index (χ4n) is 2.84. The van der Waals surface area contributed by atoms with Gasteiger partial charge in [-0.25, -0.2) is 0 Å². The second kappa shape index (κ2) is 9.03. The molecule has 1 aliphatic heterocycles. The number of para-hydroxylation sites is 1. The number of rotatable bonds is 5. The molecule has 138 valence electrons. The first-order valence-corrected chi connectivity index (χ1v) is 9.76. The van der Waals surface area contributed by atoms with Gasteiger partial charge in [0.05, 0.1) is 30.9 Å². The number of amides is 1. The van der Waals surface area contributed by atoms with E-state index in [4.69, 9.17) is 21.1 Å². The van der Waals surface area contributed by atoms with Crippen LogP contribution in [0.5, 0.6) is 5.75 Å². The highest BCUT2D eigenvalue weighted by Gasteiger charge is 2.18. The van der Waals surface area contributed by atoms with Crippen LogP contribution in [-0.2, 0) is 11.3 Å². The van der Waals surface area contributed by atoms with Crippen LogP contribution in [0.2, 0.25) is 5.02 Å². The first-order valence-electron chi connectivity index (χ1n) is 8.31. The first-order chi connectivity index (χ1) is 12.6. The minimum atomic E-state index is -0.241. The summed E-state index contributed by atoms with van der Waals surface area (Å²) in [6.45, 7) is 4.04. The van der Waals surface area contributed by atoms with Crippen LogP contribution < -0.4 is 10.1 Å². The highest BCUT2D eigenvalue weighted by Crippen LogP contribution is 2.29. The lowest BCUT2D eigenvalue weighted by Crippen LogP contribution is -2.35. The third kappa shape index (κ3) is 4.68. The predicted molar refractivity (Wildman–Crippen MR) is 111 cm³/mol. The van der Waals surface area contributed by atoms with E-state index in [1.807, 2.05) is 24.3 Å². The maximum atomic E-state index is 12.8. The van der Waals surface area contributed by atoms with E-state index < -0.39 is 0 Å². The summed E-state index contributed by atoms with van der Waals surface area (Å²) in [6, 6.07) is 11.2. The second-order valence-electron chi connectivity index (χ2n) is 5.97. The quantitative estimate of drug-likeness (QED) is 0.648. The molecule has 1 heterocycles. The Morgan fingerprint density at radius 2 is 2.04 bits per heavy atom. The number of ether oxygens (including phenoxy) is 2. The molecule has 26 heavy (non-hydrogen) atoms. The molecule has 0 bridgehead atoms. The Bertz CT molecular complexity index is 794. The Hall–Kier alpha value is -1.35. The van der Waals surface area contributed by atoms with Crippen LogP contribution in [0.15, 0.2) is 36.4 Å². The zero-order chi connectivity index (χ0) is 18.5. The van der Waals surface area contributed by atoms with Gasteiger partial charge in [0.15, 0.2) is 0 Å². The third-order valence-corrected chi connectivity index (χ3v) is 5.77. The maximum absolute atomic E-state index is 12.8. The summed E-state index contributed by atoms with van der Waals surface area (Å²) >= 11 is 8.30. The maximum Gasteiger partial charge on any atom is 0.259 e. The number of hydrogen-bond donors (Lipinski definition) is 1.